The van der Waals surface area contributed by atoms with Gasteiger partial charge in [0.15, 0.2) is 0 Å². The molecule has 0 radical (unpaired) electrons. The highest BCUT2D eigenvalue weighted by atomic mass is 16.1. The maximum absolute atomic E-state index is 11.8. The van der Waals surface area contributed by atoms with Crippen LogP contribution in [0.15, 0.2) is 24.3 Å². The summed E-state index contributed by atoms with van der Waals surface area (Å²) in [7, 11) is 0. The van der Waals surface area contributed by atoms with Gasteiger partial charge in [0.25, 0.3) is 0 Å². The Hall–Kier alpha value is -2.61. The number of carbonyl (C=O) groups is 1. The number of nitrogens with one attached hydrogen (secondary N) is 2. The summed E-state index contributed by atoms with van der Waals surface area (Å²) in [5.74, 6) is 0.911. The third-order valence-corrected chi connectivity index (χ3v) is 4.28. The number of carbonyl (C=O) groups excluding carboxylic acids is 1. The first-order valence-electron chi connectivity index (χ1n) is 8.00. The highest BCUT2D eigenvalue weighted by molar-refractivity contribution is 5.83. The molecule has 1 aliphatic rings. The van der Waals surface area contributed by atoms with Crippen LogP contribution in [0.1, 0.15) is 30.4 Å². The van der Waals surface area contributed by atoms with Crippen molar-refractivity contribution in [2.45, 2.75) is 26.2 Å². The van der Waals surface area contributed by atoms with Crippen molar-refractivity contribution in [3.63, 3.8) is 0 Å². The van der Waals surface area contributed by atoms with Gasteiger partial charge in [-0.05, 0) is 38.0 Å². The number of anilines is 1. The molecule has 0 atom stereocenters. The third-order valence-electron chi connectivity index (χ3n) is 4.28. The standard InChI is InChI=1S/C18H20N4O/c1-12-5-6-16-14(9-12)10-15(11-19)17(22-16)20-7-8-21-18(23)13-3-2-4-13/h5-6,9-10,13H,2-4,7-8H2,1H3,(H,20,22)(H,21,23). The molecule has 5 nitrogen and oxygen atoms in total. The molecule has 5 heteroatoms. The van der Waals surface area contributed by atoms with Crippen molar-refractivity contribution in [2.75, 3.05) is 18.4 Å². The Morgan fingerprint density at radius 2 is 2.17 bits per heavy atom. The summed E-state index contributed by atoms with van der Waals surface area (Å²) in [6, 6.07) is 10.0. The molecule has 1 aromatic carbocycles. The first-order valence-corrected chi connectivity index (χ1v) is 8.00. The zero-order valence-corrected chi connectivity index (χ0v) is 13.2. The average Bonchev–Trinajstić information content (AvgIpc) is 2.49. The predicted molar refractivity (Wildman–Crippen MR) is 90.0 cm³/mol. The molecule has 3 rings (SSSR count). The zero-order valence-electron chi connectivity index (χ0n) is 13.2. The molecule has 0 spiro atoms. The van der Waals surface area contributed by atoms with E-state index in [1.807, 2.05) is 31.2 Å². The molecule has 1 aromatic heterocycles. The van der Waals surface area contributed by atoms with Crippen LogP contribution in [0.2, 0.25) is 0 Å². The minimum Gasteiger partial charge on any atom is -0.367 e. The molecule has 118 valence electrons. The van der Waals surface area contributed by atoms with Crippen molar-refractivity contribution in [3.05, 3.63) is 35.4 Å². The Kier molecular flexibility index (Phi) is 4.42. The van der Waals surface area contributed by atoms with E-state index in [0.29, 0.717) is 24.5 Å². The van der Waals surface area contributed by atoms with Crippen LogP contribution < -0.4 is 10.6 Å². The summed E-state index contributed by atoms with van der Waals surface area (Å²) >= 11 is 0. The summed E-state index contributed by atoms with van der Waals surface area (Å²) in [4.78, 5) is 16.3. The Morgan fingerprint density at radius 1 is 1.35 bits per heavy atom. The summed E-state index contributed by atoms with van der Waals surface area (Å²) in [6.45, 7) is 3.10. The normalized spacial score (nSPS) is 14.1. The topological polar surface area (TPSA) is 77.8 Å². The van der Waals surface area contributed by atoms with Crippen LogP contribution >= 0.6 is 0 Å². The Labute approximate surface area is 135 Å². The quantitative estimate of drug-likeness (QED) is 0.833. The van der Waals surface area contributed by atoms with E-state index in [2.05, 4.69) is 21.7 Å². The van der Waals surface area contributed by atoms with Crippen LogP contribution in [-0.4, -0.2) is 24.0 Å². The molecule has 1 heterocycles. The second kappa shape index (κ2) is 6.66. The number of nitriles is 1. The van der Waals surface area contributed by atoms with Gasteiger partial charge in [0, 0.05) is 24.4 Å². The minimum absolute atomic E-state index is 0.139. The summed E-state index contributed by atoms with van der Waals surface area (Å²) in [5.41, 5.74) is 2.52. The van der Waals surface area contributed by atoms with Gasteiger partial charge in [-0.15, -0.1) is 0 Å². The lowest BCUT2D eigenvalue weighted by Crippen LogP contribution is -2.37. The van der Waals surface area contributed by atoms with E-state index in [-0.39, 0.29) is 11.8 Å². The van der Waals surface area contributed by atoms with E-state index < -0.39 is 0 Å². The van der Waals surface area contributed by atoms with Gasteiger partial charge in [-0.25, -0.2) is 4.98 Å². The van der Waals surface area contributed by atoms with Crippen molar-refractivity contribution in [3.8, 4) is 6.07 Å². The average molecular weight is 308 g/mol. The molecule has 1 amide bonds. The van der Waals surface area contributed by atoms with Gasteiger partial charge in [0.1, 0.15) is 11.9 Å². The number of hydrogen-bond donors (Lipinski definition) is 2. The number of aromatic nitrogens is 1. The Balaban J connectivity index is 1.63. The van der Waals surface area contributed by atoms with E-state index in [0.717, 1.165) is 35.7 Å². The maximum atomic E-state index is 11.8. The molecule has 0 saturated heterocycles. The van der Waals surface area contributed by atoms with Crippen LogP contribution in [0, 0.1) is 24.2 Å². The van der Waals surface area contributed by atoms with Gasteiger partial charge in [-0.1, -0.05) is 18.1 Å². The lowest BCUT2D eigenvalue weighted by Gasteiger charge is -2.24. The lowest BCUT2D eigenvalue weighted by atomic mass is 9.85. The van der Waals surface area contributed by atoms with Crippen molar-refractivity contribution in [2.24, 2.45) is 5.92 Å². The number of nitrogens with zero attached hydrogens (tertiary/aromatic N) is 2. The van der Waals surface area contributed by atoms with E-state index in [1.54, 1.807) is 0 Å². The van der Waals surface area contributed by atoms with Crippen molar-refractivity contribution >= 4 is 22.6 Å². The largest absolute Gasteiger partial charge is 0.367 e. The number of pyridine rings is 1. The molecule has 2 N–H and O–H groups in total. The summed E-state index contributed by atoms with van der Waals surface area (Å²) < 4.78 is 0. The van der Waals surface area contributed by atoms with E-state index in [9.17, 15) is 10.1 Å². The number of aryl methyl sites for hydroxylation is 1. The fourth-order valence-corrected chi connectivity index (χ4v) is 2.70. The van der Waals surface area contributed by atoms with Crippen LogP contribution in [0.5, 0.6) is 0 Å². The lowest BCUT2D eigenvalue weighted by molar-refractivity contribution is -0.127. The summed E-state index contributed by atoms with van der Waals surface area (Å²) in [6.07, 6.45) is 3.16. The molecule has 0 aliphatic heterocycles. The molecule has 0 unspecified atom stereocenters. The first kappa shape index (κ1) is 15.3. The van der Waals surface area contributed by atoms with Crippen LogP contribution in [0.4, 0.5) is 5.82 Å². The fourth-order valence-electron chi connectivity index (χ4n) is 2.70. The van der Waals surface area contributed by atoms with E-state index >= 15 is 0 Å². The first-order chi connectivity index (χ1) is 11.2. The van der Waals surface area contributed by atoms with Gasteiger partial charge in [0.2, 0.25) is 5.91 Å². The highest BCUT2D eigenvalue weighted by Gasteiger charge is 2.24. The van der Waals surface area contributed by atoms with Crippen LogP contribution in [0.25, 0.3) is 10.9 Å². The number of benzene rings is 1. The van der Waals surface area contributed by atoms with E-state index in [4.69, 9.17) is 0 Å². The van der Waals surface area contributed by atoms with E-state index in [1.165, 1.54) is 0 Å². The fraction of sp³-hybridized carbons (Fsp3) is 0.389. The summed E-state index contributed by atoms with van der Waals surface area (Å²) in [5, 5.41) is 16.3. The maximum Gasteiger partial charge on any atom is 0.223 e. The van der Waals surface area contributed by atoms with Crippen molar-refractivity contribution < 1.29 is 4.79 Å². The molecule has 23 heavy (non-hydrogen) atoms. The molecular formula is C18H20N4O. The van der Waals surface area contributed by atoms with Crippen molar-refractivity contribution in [1.29, 1.82) is 5.26 Å². The zero-order chi connectivity index (χ0) is 16.2. The third kappa shape index (κ3) is 3.42. The minimum atomic E-state index is 0.139. The van der Waals surface area contributed by atoms with Crippen molar-refractivity contribution in [1.82, 2.24) is 10.3 Å². The van der Waals surface area contributed by atoms with Gasteiger partial charge >= 0.3 is 0 Å². The van der Waals surface area contributed by atoms with Gasteiger partial charge in [0.05, 0.1) is 11.1 Å². The molecule has 1 fully saturated rings. The Bertz CT molecular complexity index is 774. The molecule has 0 bridgehead atoms. The van der Waals surface area contributed by atoms with Gasteiger partial charge in [-0.3, -0.25) is 4.79 Å². The number of fused-ring (bicyclic) bond motifs is 1. The number of amides is 1. The van der Waals surface area contributed by atoms with Crippen LogP contribution in [0.3, 0.4) is 0 Å². The van der Waals surface area contributed by atoms with Gasteiger partial charge < -0.3 is 10.6 Å². The second-order valence-corrected chi connectivity index (χ2v) is 6.04. The Morgan fingerprint density at radius 3 is 2.87 bits per heavy atom. The predicted octanol–water partition coefficient (Wildman–Crippen LogP) is 2.74. The van der Waals surface area contributed by atoms with Crippen LogP contribution in [-0.2, 0) is 4.79 Å². The smallest absolute Gasteiger partial charge is 0.223 e. The monoisotopic (exact) mass is 308 g/mol. The second-order valence-electron chi connectivity index (χ2n) is 6.04. The highest BCUT2D eigenvalue weighted by Crippen LogP contribution is 2.26. The molecule has 1 aliphatic carbocycles. The molecule has 1 saturated carbocycles. The molecular weight excluding hydrogens is 288 g/mol. The number of hydrogen-bond acceptors (Lipinski definition) is 4. The van der Waals surface area contributed by atoms with Gasteiger partial charge in [-0.2, -0.15) is 5.26 Å². The molecule has 2 aromatic rings. The number of rotatable bonds is 5. The SMILES string of the molecule is Cc1ccc2nc(NCCNC(=O)C3CCC3)c(C#N)cc2c1.